The molecule has 0 aliphatic carbocycles. The van der Waals surface area contributed by atoms with Crippen molar-refractivity contribution in [3.05, 3.63) is 214 Å². The highest BCUT2D eigenvalue weighted by atomic mass is 15.0. The summed E-state index contributed by atoms with van der Waals surface area (Å²) in [7, 11) is 14.0. The van der Waals surface area contributed by atoms with Crippen LogP contribution in [-0.4, -0.2) is 34.9 Å². The number of nitrogens with zero attached hydrogens (tertiary/aromatic N) is 14. The third-order valence-electron chi connectivity index (χ3n) is 16.1. The molecular formula is C76H115N14+7. The van der Waals surface area contributed by atoms with Crippen molar-refractivity contribution in [3.8, 4) is 22.5 Å². The topological polar surface area (TPSA) is 117 Å². The van der Waals surface area contributed by atoms with Gasteiger partial charge < -0.3 is 0 Å². The number of hydrogen-bond acceptors (Lipinski definition) is 7. The number of aryl methyl sites for hydroxylation is 17. The Bertz CT molecular complexity index is 3550. The van der Waals surface area contributed by atoms with E-state index in [2.05, 4.69) is 218 Å². The zero-order valence-electron chi connectivity index (χ0n) is 61.2. The predicted molar refractivity (Wildman–Crippen MR) is 365 cm³/mol. The van der Waals surface area contributed by atoms with E-state index in [1.54, 1.807) is 18.7 Å². The van der Waals surface area contributed by atoms with Crippen LogP contribution >= 0.6 is 0 Å². The van der Waals surface area contributed by atoms with E-state index in [1.165, 1.54) is 50.2 Å². The summed E-state index contributed by atoms with van der Waals surface area (Å²) in [5.74, 6) is 8.79. The molecule has 7 aromatic heterocycles. The van der Waals surface area contributed by atoms with Gasteiger partial charge in [-0.15, -0.1) is 0 Å². The van der Waals surface area contributed by atoms with Crippen LogP contribution in [0.15, 0.2) is 123 Å². The second-order valence-electron chi connectivity index (χ2n) is 26.3. The molecule has 0 saturated carbocycles. The standard InChI is InChI=1S/C21H31N2.C18H25N2.C10H17N2.C8H13N2.C7H11N2.2C6H9N2/c1-13(2)17-11-18(14(3)4)21(19(12-17)15(5)6)20-9-10-23(8)16(7)22-20;1-12(2)15-8-7-9-16(13(3)4)18(15)17-10-11-20(6)14(5)19-17;1-8-11-9(10(2,3)4)6-7-12(8)5;1-6-5-10(4)8(3)9-7(6)2;1-6-4-5-9(3)7(2)8-6;1-6-3-4-7-5-8(6)2;1-6-7-4-3-5-8(6)2/h9-15H,1-8H3;7-13H,1-6H3;6-7H,1-5H3;5H,1-4H3;4-5H,1-3H3;2*3-5H,1-2H3/q7*+1. The minimum atomic E-state index is 0.152. The molecule has 0 bridgehead atoms. The molecule has 0 unspecified atom stereocenters. The summed E-state index contributed by atoms with van der Waals surface area (Å²) in [6, 6.07) is 23.6. The first-order valence-corrected chi connectivity index (χ1v) is 31.9. The van der Waals surface area contributed by atoms with E-state index in [-0.39, 0.29) is 5.41 Å². The Labute approximate surface area is 544 Å². The third kappa shape index (κ3) is 23.4. The molecule has 9 rings (SSSR count). The highest BCUT2D eigenvalue weighted by Gasteiger charge is 2.25. The molecule has 0 radical (unpaired) electrons. The van der Waals surface area contributed by atoms with Crippen LogP contribution in [0.5, 0.6) is 0 Å². The first kappa shape index (κ1) is 76.2. The first-order valence-electron chi connectivity index (χ1n) is 31.9. The largest absolute Gasteiger partial charge is 0.295 e. The molecule has 9 aromatic rings. The smallest absolute Gasteiger partial charge is 0.238 e. The van der Waals surface area contributed by atoms with E-state index in [4.69, 9.17) is 9.97 Å². The maximum atomic E-state index is 4.87. The summed E-state index contributed by atoms with van der Waals surface area (Å²) in [5, 5.41) is 0. The molecule has 0 amide bonds. The van der Waals surface area contributed by atoms with Gasteiger partial charge in [-0.1, -0.05) is 145 Å². The Kier molecular flexibility index (Phi) is 30.0. The van der Waals surface area contributed by atoms with E-state index in [1.807, 2.05) is 151 Å². The Morgan fingerprint density at radius 2 is 0.800 bits per heavy atom. The van der Waals surface area contributed by atoms with Crippen LogP contribution in [0.2, 0.25) is 0 Å². The SMILES string of the molecule is Cc1c[n+](C)c(C)nc1C.Cc1cc[n+](C)c(C)n1.Cc1ccnc[n+]1C.Cc1nc(-c2c(C(C)C)cc(C(C)C)cc2C(C)C)cc[n+]1C.Cc1nc(-c2c(C(C)C)cccc2C(C)C)cc[n+]1C.Cc1nc(C(C)(C)C)cc[n+]1C.Cc1nccc[n+]1C. The summed E-state index contributed by atoms with van der Waals surface area (Å²) < 4.78 is 14.1. The molecular weight excluding hydrogens is 1110 g/mol. The Morgan fingerprint density at radius 1 is 0.378 bits per heavy atom. The summed E-state index contributed by atoms with van der Waals surface area (Å²) in [6.45, 7) is 49.4. The van der Waals surface area contributed by atoms with Gasteiger partial charge in [0.05, 0.1) is 86.5 Å². The van der Waals surface area contributed by atoms with Crippen LogP contribution in [-0.2, 0) is 54.7 Å². The van der Waals surface area contributed by atoms with Gasteiger partial charge in [-0.2, -0.15) is 0 Å². The van der Waals surface area contributed by atoms with E-state index < -0.39 is 0 Å². The summed E-state index contributed by atoms with van der Waals surface area (Å²) >= 11 is 0. The van der Waals surface area contributed by atoms with Gasteiger partial charge in [-0.25, -0.2) is 32.0 Å². The molecule has 0 N–H and O–H groups in total. The van der Waals surface area contributed by atoms with Crippen molar-refractivity contribution in [1.29, 1.82) is 0 Å². The van der Waals surface area contributed by atoms with Gasteiger partial charge in [-0.05, 0) is 81.2 Å². The lowest BCUT2D eigenvalue weighted by Gasteiger charge is -2.21. The molecule has 0 atom stereocenters. The van der Waals surface area contributed by atoms with Crippen LogP contribution in [0, 0.1) is 69.2 Å². The third-order valence-corrected chi connectivity index (χ3v) is 16.1. The summed E-state index contributed by atoms with van der Waals surface area (Å²) in [6.07, 6.45) is 17.7. The normalized spacial score (nSPS) is 10.8. The van der Waals surface area contributed by atoms with Crippen LogP contribution in [0.4, 0.5) is 0 Å². The van der Waals surface area contributed by atoms with Crippen LogP contribution in [0.25, 0.3) is 22.5 Å². The van der Waals surface area contributed by atoms with Crippen molar-refractivity contribution in [3.63, 3.8) is 0 Å². The molecule has 7 heterocycles. The zero-order chi connectivity index (χ0) is 68.1. The number of aromatic nitrogens is 14. The Balaban J connectivity index is 0.000000286. The summed E-state index contributed by atoms with van der Waals surface area (Å²) in [4.78, 5) is 30.7. The van der Waals surface area contributed by atoms with Crippen LogP contribution < -0.4 is 32.0 Å². The highest BCUT2D eigenvalue weighted by molar-refractivity contribution is 5.71. The zero-order valence-corrected chi connectivity index (χ0v) is 61.2. The van der Waals surface area contributed by atoms with Gasteiger partial charge in [0, 0.05) is 114 Å². The van der Waals surface area contributed by atoms with Gasteiger partial charge in [0.2, 0.25) is 0 Å². The molecule has 482 valence electrons. The van der Waals surface area contributed by atoms with Crippen LogP contribution in [0.1, 0.15) is 211 Å². The second-order valence-corrected chi connectivity index (χ2v) is 26.3. The minimum absolute atomic E-state index is 0.152. The maximum absolute atomic E-state index is 4.87. The molecule has 14 nitrogen and oxygen atoms in total. The van der Waals surface area contributed by atoms with Crippen molar-refractivity contribution >= 4 is 0 Å². The van der Waals surface area contributed by atoms with Crippen molar-refractivity contribution in [2.75, 3.05) is 0 Å². The molecule has 0 fully saturated rings. The lowest BCUT2D eigenvalue weighted by atomic mass is 9.83. The van der Waals surface area contributed by atoms with Crippen molar-refractivity contribution in [2.24, 2.45) is 49.3 Å². The Morgan fingerprint density at radius 3 is 1.14 bits per heavy atom. The molecule has 2 aromatic carbocycles. The van der Waals surface area contributed by atoms with Crippen LogP contribution in [0.3, 0.4) is 0 Å². The number of hydrogen-bond donors (Lipinski definition) is 0. The average molecular weight is 1220 g/mol. The fourth-order valence-electron chi connectivity index (χ4n) is 9.14. The molecule has 0 aliphatic heterocycles. The molecule has 90 heavy (non-hydrogen) atoms. The quantitative estimate of drug-likeness (QED) is 0.146. The van der Waals surface area contributed by atoms with Crippen molar-refractivity contribution in [1.82, 2.24) is 34.9 Å². The van der Waals surface area contributed by atoms with Crippen molar-refractivity contribution in [2.45, 2.75) is 194 Å². The lowest BCUT2D eigenvalue weighted by Crippen LogP contribution is -2.34. The predicted octanol–water partition coefficient (Wildman–Crippen LogP) is 12.7. The fraction of sp³-hybridized carbons (Fsp3) is 0.474. The average Bonchev–Trinajstić information content (AvgIpc) is 0.858. The Hall–Kier alpha value is -8.00. The van der Waals surface area contributed by atoms with Gasteiger partial charge >= 0.3 is 0 Å². The van der Waals surface area contributed by atoms with Gasteiger partial charge in [0.15, 0.2) is 28.5 Å². The fourth-order valence-corrected chi connectivity index (χ4v) is 9.14. The molecule has 0 aliphatic rings. The van der Waals surface area contributed by atoms with E-state index in [0.29, 0.717) is 29.6 Å². The van der Waals surface area contributed by atoms with E-state index in [0.717, 1.165) is 63.4 Å². The monoisotopic (exact) mass is 1220 g/mol. The summed E-state index contributed by atoms with van der Waals surface area (Å²) in [5.41, 5.74) is 17.8. The van der Waals surface area contributed by atoms with E-state index in [9.17, 15) is 0 Å². The number of rotatable bonds is 7. The second kappa shape index (κ2) is 35.4. The number of benzene rings is 2. The van der Waals surface area contributed by atoms with E-state index >= 15 is 0 Å². The molecule has 14 heteroatoms. The minimum Gasteiger partial charge on any atom is -0.238 e. The maximum Gasteiger partial charge on any atom is 0.295 e. The highest BCUT2D eigenvalue weighted by Crippen LogP contribution is 2.38. The van der Waals surface area contributed by atoms with Gasteiger partial charge in [-0.3, -0.25) is 0 Å². The van der Waals surface area contributed by atoms with Crippen molar-refractivity contribution < 1.29 is 32.0 Å². The first-order chi connectivity index (χ1) is 42.0. The van der Waals surface area contributed by atoms with Gasteiger partial charge in [0.25, 0.3) is 41.3 Å². The molecule has 0 saturated heterocycles. The van der Waals surface area contributed by atoms with Gasteiger partial charge in [0.1, 0.15) is 18.1 Å². The lowest BCUT2D eigenvalue weighted by molar-refractivity contribution is -0.681. The molecule has 0 spiro atoms.